The molecule has 4 rings (SSSR count). The molecule has 2 amide bonds. The first-order valence-corrected chi connectivity index (χ1v) is 15.7. The molecular formula is C31H49N5O6. The summed E-state index contributed by atoms with van der Waals surface area (Å²) in [4.78, 5) is 52.9. The zero-order chi connectivity index (χ0) is 30.5. The van der Waals surface area contributed by atoms with Gasteiger partial charge in [0.1, 0.15) is 17.3 Å². The van der Waals surface area contributed by atoms with Gasteiger partial charge in [-0.15, -0.1) is 0 Å². The topological polar surface area (TPSA) is 142 Å². The van der Waals surface area contributed by atoms with E-state index < -0.39 is 35.1 Å². The molecule has 0 bridgehead atoms. The molecule has 1 aromatic rings. The number of esters is 2. The molecule has 0 aliphatic heterocycles. The molecule has 3 atom stereocenters. The number of carbonyl (C=O) groups excluding carboxylic acids is 3. The Bertz CT molecular complexity index is 1080. The largest absolute Gasteiger partial charge is 0.460 e. The Morgan fingerprint density at radius 1 is 0.738 bits per heavy atom. The van der Waals surface area contributed by atoms with Gasteiger partial charge in [-0.3, -0.25) is 14.9 Å². The van der Waals surface area contributed by atoms with E-state index in [1.807, 2.05) is 0 Å². The molecule has 0 radical (unpaired) electrons. The minimum atomic E-state index is -1.59. The highest BCUT2D eigenvalue weighted by Crippen LogP contribution is 2.41. The molecular weight excluding hydrogens is 538 g/mol. The quantitative estimate of drug-likeness (QED) is 0.298. The molecule has 42 heavy (non-hydrogen) atoms. The average molecular weight is 588 g/mol. The van der Waals surface area contributed by atoms with Gasteiger partial charge in [0.15, 0.2) is 5.82 Å². The maximum atomic E-state index is 13.4. The van der Waals surface area contributed by atoms with Crippen LogP contribution < -0.4 is 15.4 Å². The fourth-order valence-corrected chi connectivity index (χ4v) is 6.29. The highest BCUT2D eigenvalue weighted by Gasteiger charge is 2.40. The third kappa shape index (κ3) is 9.52. The monoisotopic (exact) mass is 587 g/mol. The van der Waals surface area contributed by atoms with Crippen LogP contribution in [0.3, 0.4) is 0 Å². The van der Waals surface area contributed by atoms with Gasteiger partial charge in [-0.25, -0.2) is 4.79 Å². The summed E-state index contributed by atoms with van der Waals surface area (Å²) in [6.07, 6.45) is 12.9. The van der Waals surface area contributed by atoms with Gasteiger partial charge in [0, 0.05) is 6.04 Å². The Morgan fingerprint density at radius 3 is 1.95 bits per heavy atom. The summed E-state index contributed by atoms with van der Waals surface area (Å²) in [6, 6.07) is -0.430. The van der Waals surface area contributed by atoms with Crippen LogP contribution in [0.4, 0.5) is 10.7 Å². The third-order valence-corrected chi connectivity index (χ3v) is 8.10. The lowest BCUT2D eigenvalue weighted by Crippen LogP contribution is -2.40. The fourth-order valence-electron chi connectivity index (χ4n) is 6.29. The Kier molecular flexibility index (Phi) is 10.3. The number of hydrogen-bond donors (Lipinski definition) is 2. The van der Waals surface area contributed by atoms with Crippen molar-refractivity contribution in [3.63, 3.8) is 0 Å². The van der Waals surface area contributed by atoms with Gasteiger partial charge in [-0.1, -0.05) is 44.9 Å². The van der Waals surface area contributed by atoms with E-state index in [0.717, 1.165) is 57.3 Å². The maximum Gasteiger partial charge on any atom is 0.328 e. The van der Waals surface area contributed by atoms with Crippen molar-refractivity contribution in [2.24, 2.45) is 11.8 Å². The van der Waals surface area contributed by atoms with E-state index in [1.54, 1.807) is 41.5 Å². The maximum absolute atomic E-state index is 13.4. The molecule has 11 heteroatoms. The zero-order valence-electron chi connectivity index (χ0n) is 26.2. The summed E-state index contributed by atoms with van der Waals surface area (Å²) in [6.45, 7) is 10.3. The minimum Gasteiger partial charge on any atom is -0.460 e. The second-order valence-corrected chi connectivity index (χ2v) is 14.1. The van der Waals surface area contributed by atoms with Crippen LogP contribution in [0.25, 0.3) is 0 Å². The summed E-state index contributed by atoms with van der Waals surface area (Å²) in [7, 11) is 0. The molecule has 0 saturated heterocycles. The number of carbonyl (C=O) groups is 3. The lowest BCUT2D eigenvalue weighted by Gasteiger charge is -2.38. The molecule has 3 aliphatic carbocycles. The first kappa shape index (κ1) is 31.9. The third-order valence-electron chi connectivity index (χ3n) is 8.10. The number of nitrogens with one attached hydrogen (secondary N) is 2. The van der Waals surface area contributed by atoms with Crippen molar-refractivity contribution in [1.29, 1.82) is 0 Å². The first-order valence-electron chi connectivity index (χ1n) is 15.7. The number of hydrogen-bond acceptors (Lipinski definition) is 9. The minimum absolute atomic E-state index is 0.0376. The number of aromatic nitrogens is 3. The predicted molar refractivity (Wildman–Crippen MR) is 157 cm³/mol. The van der Waals surface area contributed by atoms with Crippen LogP contribution in [0.1, 0.15) is 130 Å². The molecule has 3 unspecified atom stereocenters. The van der Waals surface area contributed by atoms with Crippen molar-refractivity contribution >= 4 is 23.9 Å². The van der Waals surface area contributed by atoms with Crippen molar-refractivity contribution < 1.29 is 28.6 Å². The van der Waals surface area contributed by atoms with Gasteiger partial charge in [-0.2, -0.15) is 15.0 Å². The summed E-state index contributed by atoms with van der Waals surface area (Å²) in [5.41, 5.74) is -1.74. The molecule has 3 saturated carbocycles. The Balaban J connectivity index is 1.62. The number of urea groups is 1. The van der Waals surface area contributed by atoms with Gasteiger partial charge in [0.2, 0.25) is 11.9 Å². The number of fused-ring (bicyclic) bond motifs is 1. The molecule has 11 nitrogen and oxygen atoms in total. The van der Waals surface area contributed by atoms with Crippen molar-refractivity contribution in [1.82, 2.24) is 20.3 Å². The van der Waals surface area contributed by atoms with E-state index in [-0.39, 0.29) is 29.9 Å². The van der Waals surface area contributed by atoms with E-state index >= 15 is 0 Å². The Morgan fingerprint density at radius 2 is 1.33 bits per heavy atom. The molecule has 234 valence electrons. The lowest BCUT2D eigenvalue weighted by molar-refractivity contribution is -0.169. The summed E-state index contributed by atoms with van der Waals surface area (Å²) >= 11 is 0. The summed E-state index contributed by atoms with van der Waals surface area (Å²) < 4.78 is 17.4. The normalized spacial score (nSPS) is 23.5. The van der Waals surface area contributed by atoms with E-state index in [9.17, 15) is 14.4 Å². The van der Waals surface area contributed by atoms with Crippen LogP contribution in [0, 0.1) is 11.8 Å². The lowest BCUT2D eigenvalue weighted by atomic mass is 9.70. The molecule has 2 N–H and O–H groups in total. The molecule has 3 fully saturated rings. The Hall–Kier alpha value is -2.98. The van der Waals surface area contributed by atoms with Crippen LogP contribution in [-0.4, -0.2) is 56.3 Å². The van der Waals surface area contributed by atoms with Crippen molar-refractivity contribution in [2.75, 3.05) is 5.32 Å². The first-order chi connectivity index (χ1) is 19.8. The van der Waals surface area contributed by atoms with Gasteiger partial charge < -0.3 is 19.5 Å². The molecule has 3 aliphatic rings. The van der Waals surface area contributed by atoms with Crippen molar-refractivity contribution in [2.45, 2.75) is 148 Å². The molecule has 1 heterocycles. The van der Waals surface area contributed by atoms with Crippen LogP contribution in [0.5, 0.6) is 6.01 Å². The van der Waals surface area contributed by atoms with Crippen LogP contribution >= 0.6 is 0 Å². The van der Waals surface area contributed by atoms with Gasteiger partial charge in [0.05, 0.1) is 0 Å². The number of anilines is 1. The summed E-state index contributed by atoms with van der Waals surface area (Å²) in [5, 5.41) is 5.67. The van der Waals surface area contributed by atoms with Crippen LogP contribution in [0.15, 0.2) is 0 Å². The van der Waals surface area contributed by atoms with E-state index in [4.69, 9.17) is 14.2 Å². The fraction of sp³-hybridized carbons (Fsp3) is 0.806. The molecule has 0 aromatic carbocycles. The Labute approximate surface area is 249 Å². The zero-order valence-corrected chi connectivity index (χ0v) is 26.2. The smallest absolute Gasteiger partial charge is 0.328 e. The number of amides is 2. The SMILES string of the molecule is CC(C)(C)OC(=O)C(C(=O)OC(C)(C)C)c1nc(NC(=O)NC2CCCCC2)nc(OC2CCC3CCCCC3C2)n1. The predicted octanol–water partition coefficient (Wildman–Crippen LogP) is 5.83. The average Bonchev–Trinajstić information content (AvgIpc) is 2.87. The standard InChI is InChI=1S/C31H49N5O6/c1-30(2,3)41-25(37)23(26(38)42-31(4,5)6)24-33-27(35-28(39)32-21-14-8-7-9-15-21)36-29(34-24)40-22-17-16-19-12-10-11-13-20(19)18-22/h19-23H,7-18H2,1-6H3,(H2,32,33,34,35,36,39). The second-order valence-electron chi connectivity index (χ2n) is 14.1. The molecule has 0 spiro atoms. The van der Waals surface area contributed by atoms with Crippen molar-refractivity contribution in [3.8, 4) is 6.01 Å². The van der Waals surface area contributed by atoms with Gasteiger partial charge in [-0.05, 0) is 85.5 Å². The second kappa shape index (κ2) is 13.5. The van der Waals surface area contributed by atoms with Gasteiger partial charge in [0.25, 0.3) is 0 Å². The van der Waals surface area contributed by atoms with Crippen LogP contribution in [0.2, 0.25) is 0 Å². The number of nitrogens with zero attached hydrogens (tertiary/aromatic N) is 3. The summed E-state index contributed by atoms with van der Waals surface area (Å²) in [5.74, 6) is -2.26. The van der Waals surface area contributed by atoms with Crippen molar-refractivity contribution in [3.05, 3.63) is 5.82 Å². The highest BCUT2D eigenvalue weighted by molar-refractivity contribution is 6.00. The highest BCUT2D eigenvalue weighted by atomic mass is 16.6. The number of ether oxygens (including phenoxy) is 3. The van der Waals surface area contributed by atoms with Gasteiger partial charge >= 0.3 is 24.0 Å². The van der Waals surface area contributed by atoms with E-state index in [1.165, 1.54) is 25.7 Å². The van der Waals surface area contributed by atoms with E-state index in [0.29, 0.717) is 5.92 Å². The number of rotatable bonds is 7. The van der Waals surface area contributed by atoms with Crippen LogP contribution in [-0.2, 0) is 19.1 Å². The van der Waals surface area contributed by atoms with E-state index in [2.05, 4.69) is 25.6 Å². The molecule has 1 aromatic heterocycles.